The average molecular weight is 283 g/mol. The van der Waals surface area contributed by atoms with Crippen LogP contribution in [-0.2, 0) is 0 Å². The third-order valence-electron chi connectivity index (χ3n) is 2.32. The van der Waals surface area contributed by atoms with E-state index in [0.29, 0.717) is 21.5 Å². The van der Waals surface area contributed by atoms with Gasteiger partial charge in [0.25, 0.3) is 0 Å². The topological polar surface area (TPSA) is 47.3 Å². The molecule has 0 bridgehead atoms. The highest BCUT2D eigenvalue weighted by Crippen LogP contribution is 2.28. The molecule has 0 aliphatic carbocycles. The van der Waals surface area contributed by atoms with Crippen molar-refractivity contribution in [2.75, 3.05) is 18.2 Å². The van der Waals surface area contributed by atoms with E-state index in [1.807, 2.05) is 6.07 Å². The van der Waals surface area contributed by atoms with E-state index in [2.05, 4.69) is 5.32 Å². The SMILES string of the molecule is COc1cc(N)cc(Nc2cc(Cl)cc(Cl)c2)c1. The highest BCUT2D eigenvalue weighted by molar-refractivity contribution is 6.35. The van der Waals surface area contributed by atoms with Crippen LogP contribution in [0.1, 0.15) is 0 Å². The summed E-state index contributed by atoms with van der Waals surface area (Å²) in [6.07, 6.45) is 0. The predicted molar refractivity (Wildman–Crippen MR) is 77.2 cm³/mol. The fraction of sp³-hybridized carbons (Fsp3) is 0.0769. The molecule has 0 spiro atoms. The van der Waals surface area contributed by atoms with Gasteiger partial charge in [0, 0.05) is 39.2 Å². The maximum atomic E-state index is 5.93. The van der Waals surface area contributed by atoms with Gasteiger partial charge in [0.1, 0.15) is 5.75 Å². The van der Waals surface area contributed by atoms with Crippen molar-refractivity contribution < 1.29 is 4.74 Å². The predicted octanol–water partition coefficient (Wildman–Crippen LogP) is 4.33. The number of anilines is 3. The third-order valence-corrected chi connectivity index (χ3v) is 2.75. The second-order valence-corrected chi connectivity index (χ2v) is 4.65. The van der Waals surface area contributed by atoms with Gasteiger partial charge in [-0.3, -0.25) is 0 Å². The van der Waals surface area contributed by atoms with Crippen LogP contribution in [0.4, 0.5) is 17.1 Å². The molecule has 0 saturated carbocycles. The minimum absolute atomic E-state index is 0.570. The first kappa shape index (κ1) is 12.9. The van der Waals surface area contributed by atoms with E-state index in [1.54, 1.807) is 37.4 Å². The zero-order chi connectivity index (χ0) is 13.1. The summed E-state index contributed by atoms with van der Waals surface area (Å²) in [6, 6.07) is 10.6. The Morgan fingerprint density at radius 1 is 0.944 bits per heavy atom. The summed E-state index contributed by atoms with van der Waals surface area (Å²) in [4.78, 5) is 0. The van der Waals surface area contributed by atoms with E-state index in [1.165, 1.54) is 0 Å². The molecule has 2 rings (SSSR count). The second-order valence-electron chi connectivity index (χ2n) is 3.78. The van der Waals surface area contributed by atoms with E-state index >= 15 is 0 Å². The smallest absolute Gasteiger partial charge is 0.122 e. The summed E-state index contributed by atoms with van der Waals surface area (Å²) in [5.74, 6) is 0.686. The van der Waals surface area contributed by atoms with Crippen LogP contribution in [0.2, 0.25) is 10.0 Å². The molecule has 94 valence electrons. The largest absolute Gasteiger partial charge is 0.497 e. The number of methoxy groups -OCH3 is 1. The minimum atomic E-state index is 0.570. The van der Waals surface area contributed by atoms with Crippen LogP contribution in [0.5, 0.6) is 5.75 Å². The van der Waals surface area contributed by atoms with Crippen molar-refractivity contribution in [1.82, 2.24) is 0 Å². The van der Waals surface area contributed by atoms with Gasteiger partial charge in [-0.2, -0.15) is 0 Å². The molecule has 0 radical (unpaired) electrons. The molecule has 3 nitrogen and oxygen atoms in total. The molecule has 0 unspecified atom stereocenters. The number of nitrogens with two attached hydrogens (primary N) is 1. The number of halogens is 2. The first-order chi connectivity index (χ1) is 8.56. The Morgan fingerprint density at radius 2 is 1.56 bits per heavy atom. The summed E-state index contributed by atoms with van der Waals surface area (Å²) in [7, 11) is 1.59. The molecule has 0 aliphatic heterocycles. The van der Waals surface area contributed by atoms with Gasteiger partial charge in [0.05, 0.1) is 7.11 Å². The van der Waals surface area contributed by atoms with Gasteiger partial charge in [0.2, 0.25) is 0 Å². The lowest BCUT2D eigenvalue weighted by atomic mass is 10.2. The van der Waals surface area contributed by atoms with Crippen LogP contribution in [-0.4, -0.2) is 7.11 Å². The summed E-state index contributed by atoms with van der Waals surface area (Å²) in [5.41, 5.74) is 7.99. The molecule has 3 N–H and O–H groups in total. The maximum Gasteiger partial charge on any atom is 0.122 e. The molecule has 0 aromatic heterocycles. The lowest BCUT2D eigenvalue weighted by Gasteiger charge is -2.10. The van der Waals surface area contributed by atoms with Crippen LogP contribution in [0.25, 0.3) is 0 Å². The number of nitrogens with one attached hydrogen (secondary N) is 1. The lowest BCUT2D eigenvalue weighted by molar-refractivity contribution is 0.415. The quantitative estimate of drug-likeness (QED) is 0.824. The van der Waals surface area contributed by atoms with Gasteiger partial charge in [-0.15, -0.1) is 0 Å². The van der Waals surface area contributed by atoms with Crippen molar-refractivity contribution in [3.05, 3.63) is 46.4 Å². The number of benzene rings is 2. The standard InChI is InChI=1S/C13H12Cl2N2O/c1-18-13-6-10(16)5-12(7-13)17-11-3-8(14)2-9(15)4-11/h2-7,17H,16H2,1H3. The molecular formula is C13H12Cl2N2O. The number of rotatable bonds is 3. The number of ether oxygens (including phenoxy) is 1. The van der Waals surface area contributed by atoms with Gasteiger partial charge in [0.15, 0.2) is 0 Å². The van der Waals surface area contributed by atoms with Gasteiger partial charge in [-0.05, 0) is 24.3 Å². The number of nitrogen functional groups attached to an aromatic ring is 1. The van der Waals surface area contributed by atoms with Gasteiger partial charge in [-0.1, -0.05) is 23.2 Å². The van der Waals surface area contributed by atoms with Crippen LogP contribution < -0.4 is 15.8 Å². The monoisotopic (exact) mass is 282 g/mol. The van der Waals surface area contributed by atoms with Crippen molar-refractivity contribution in [3.63, 3.8) is 0 Å². The Hall–Kier alpha value is -1.58. The summed E-state index contributed by atoms with van der Waals surface area (Å²) < 4.78 is 5.15. The first-order valence-electron chi connectivity index (χ1n) is 5.24. The van der Waals surface area contributed by atoms with Gasteiger partial charge in [-0.25, -0.2) is 0 Å². The molecule has 0 atom stereocenters. The van der Waals surface area contributed by atoms with Crippen molar-refractivity contribution in [1.29, 1.82) is 0 Å². The van der Waals surface area contributed by atoms with Crippen molar-refractivity contribution in [3.8, 4) is 5.75 Å². The first-order valence-corrected chi connectivity index (χ1v) is 6.00. The Balaban J connectivity index is 2.30. The fourth-order valence-corrected chi connectivity index (χ4v) is 2.13. The highest BCUT2D eigenvalue weighted by atomic mass is 35.5. The van der Waals surface area contributed by atoms with Crippen LogP contribution in [0.3, 0.4) is 0 Å². The van der Waals surface area contributed by atoms with Gasteiger partial charge < -0.3 is 15.8 Å². The Morgan fingerprint density at radius 3 is 2.17 bits per heavy atom. The van der Waals surface area contributed by atoms with Crippen LogP contribution in [0, 0.1) is 0 Å². The number of hydrogen-bond donors (Lipinski definition) is 2. The third kappa shape index (κ3) is 3.22. The molecular weight excluding hydrogens is 271 g/mol. The van der Waals surface area contributed by atoms with Crippen LogP contribution in [0.15, 0.2) is 36.4 Å². The molecule has 5 heteroatoms. The lowest BCUT2D eigenvalue weighted by Crippen LogP contribution is -1.94. The minimum Gasteiger partial charge on any atom is -0.497 e. The van der Waals surface area contributed by atoms with E-state index in [0.717, 1.165) is 11.4 Å². The molecule has 0 saturated heterocycles. The van der Waals surface area contributed by atoms with Crippen molar-refractivity contribution in [2.24, 2.45) is 0 Å². The fourth-order valence-electron chi connectivity index (χ4n) is 1.60. The van der Waals surface area contributed by atoms with E-state index in [9.17, 15) is 0 Å². The zero-order valence-corrected chi connectivity index (χ0v) is 11.2. The molecule has 2 aromatic carbocycles. The average Bonchev–Trinajstić information content (AvgIpc) is 2.26. The normalized spacial score (nSPS) is 10.2. The Kier molecular flexibility index (Phi) is 3.84. The highest BCUT2D eigenvalue weighted by Gasteiger charge is 2.02. The molecule has 18 heavy (non-hydrogen) atoms. The molecule has 0 fully saturated rings. The van der Waals surface area contributed by atoms with E-state index in [4.69, 9.17) is 33.7 Å². The second kappa shape index (κ2) is 5.38. The van der Waals surface area contributed by atoms with Crippen molar-refractivity contribution in [2.45, 2.75) is 0 Å². The molecule has 2 aromatic rings. The molecule has 0 heterocycles. The Labute approximate surface area is 115 Å². The summed E-state index contributed by atoms with van der Waals surface area (Å²) in [5, 5.41) is 4.31. The Bertz CT molecular complexity index is 553. The van der Waals surface area contributed by atoms with Gasteiger partial charge >= 0.3 is 0 Å². The molecule has 0 aliphatic rings. The summed E-state index contributed by atoms with van der Waals surface area (Å²) in [6.45, 7) is 0. The zero-order valence-electron chi connectivity index (χ0n) is 9.71. The summed E-state index contributed by atoms with van der Waals surface area (Å²) >= 11 is 11.9. The molecule has 0 amide bonds. The van der Waals surface area contributed by atoms with Crippen molar-refractivity contribution >= 4 is 40.3 Å². The van der Waals surface area contributed by atoms with Crippen LogP contribution >= 0.6 is 23.2 Å². The maximum absolute atomic E-state index is 5.93. The van der Waals surface area contributed by atoms with E-state index < -0.39 is 0 Å². The number of hydrogen-bond acceptors (Lipinski definition) is 3. The van der Waals surface area contributed by atoms with E-state index in [-0.39, 0.29) is 0 Å².